The maximum atomic E-state index is 12.1. The number of carbonyl (C=O) groups is 1. The minimum Gasteiger partial charge on any atom is -0.352 e. The van der Waals surface area contributed by atoms with Gasteiger partial charge in [0.15, 0.2) is 0 Å². The molecule has 0 saturated heterocycles. The fraction of sp³-hybridized carbons (Fsp3) is 0.562. The van der Waals surface area contributed by atoms with E-state index in [1.165, 1.54) is 6.42 Å². The zero-order chi connectivity index (χ0) is 13.9. The Morgan fingerprint density at radius 3 is 2.68 bits per heavy atom. The Morgan fingerprint density at radius 2 is 2.11 bits per heavy atom. The molecule has 19 heavy (non-hydrogen) atoms. The molecule has 2 atom stereocenters. The van der Waals surface area contributed by atoms with Crippen molar-refractivity contribution in [2.75, 3.05) is 0 Å². The second-order valence-electron chi connectivity index (χ2n) is 6.41. The van der Waals surface area contributed by atoms with Crippen LogP contribution in [0.3, 0.4) is 0 Å². The summed E-state index contributed by atoms with van der Waals surface area (Å²) >= 11 is 0. The van der Waals surface area contributed by atoms with Crippen molar-refractivity contribution in [3.8, 4) is 0 Å². The SMILES string of the molecule is CC1(C)CCC(NC(=O)[C@@H](N)Cc2ccccc2)C1. The fourth-order valence-electron chi connectivity index (χ4n) is 2.83. The summed E-state index contributed by atoms with van der Waals surface area (Å²) in [6.07, 6.45) is 3.89. The topological polar surface area (TPSA) is 55.1 Å². The normalized spacial score (nSPS) is 23.0. The molecule has 0 aliphatic heterocycles. The van der Waals surface area contributed by atoms with E-state index in [4.69, 9.17) is 5.73 Å². The van der Waals surface area contributed by atoms with Crippen LogP contribution in [0.4, 0.5) is 0 Å². The van der Waals surface area contributed by atoms with Gasteiger partial charge < -0.3 is 11.1 Å². The molecule has 1 saturated carbocycles. The summed E-state index contributed by atoms with van der Waals surface area (Å²) in [6.45, 7) is 4.51. The lowest BCUT2D eigenvalue weighted by molar-refractivity contribution is -0.123. The van der Waals surface area contributed by atoms with Crippen LogP contribution in [0.2, 0.25) is 0 Å². The maximum absolute atomic E-state index is 12.1. The predicted octanol–water partition coefficient (Wildman–Crippen LogP) is 2.25. The van der Waals surface area contributed by atoms with Gasteiger partial charge in [0.25, 0.3) is 0 Å². The largest absolute Gasteiger partial charge is 0.352 e. The molecule has 2 rings (SSSR count). The third-order valence-electron chi connectivity index (χ3n) is 3.95. The standard InChI is InChI=1S/C16H24N2O/c1-16(2)9-8-13(11-16)18-15(19)14(17)10-12-6-4-3-5-7-12/h3-7,13-14H,8-11,17H2,1-2H3,(H,18,19)/t13?,14-/m0/s1. The molecule has 3 nitrogen and oxygen atoms in total. The summed E-state index contributed by atoms with van der Waals surface area (Å²) in [4.78, 5) is 12.1. The smallest absolute Gasteiger partial charge is 0.237 e. The molecule has 0 radical (unpaired) electrons. The molecule has 1 amide bonds. The lowest BCUT2D eigenvalue weighted by Gasteiger charge is -2.19. The van der Waals surface area contributed by atoms with E-state index in [9.17, 15) is 4.79 Å². The minimum atomic E-state index is -0.453. The van der Waals surface area contributed by atoms with Gasteiger partial charge >= 0.3 is 0 Å². The lowest BCUT2D eigenvalue weighted by atomic mass is 9.92. The summed E-state index contributed by atoms with van der Waals surface area (Å²) in [7, 11) is 0. The Morgan fingerprint density at radius 1 is 1.42 bits per heavy atom. The molecule has 1 aliphatic carbocycles. The molecule has 1 unspecified atom stereocenters. The highest BCUT2D eigenvalue weighted by atomic mass is 16.2. The van der Waals surface area contributed by atoms with E-state index in [0.717, 1.165) is 18.4 Å². The van der Waals surface area contributed by atoms with Crippen LogP contribution >= 0.6 is 0 Å². The highest BCUT2D eigenvalue weighted by Gasteiger charge is 2.32. The summed E-state index contributed by atoms with van der Waals surface area (Å²) in [5.74, 6) is -0.0217. The summed E-state index contributed by atoms with van der Waals surface area (Å²) < 4.78 is 0. The van der Waals surface area contributed by atoms with E-state index in [-0.39, 0.29) is 5.91 Å². The van der Waals surface area contributed by atoms with E-state index in [0.29, 0.717) is 17.9 Å². The van der Waals surface area contributed by atoms with Crippen LogP contribution in [0.25, 0.3) is 0 Å². The van der Waals surface area contributed by atoms with E-state index in [1.54, 1.807) is 0 Å². The number of carbonyl (C=O) groups excluding carboxylic acids is 1. The van der Waals surface area contributed by atoms with Crippen LogP contribution in [0.5, 0.6) is 0 Å². The third-order valence-corrected chi connectivity index (χ3v) is 3.95. The van der Waals surface area contributed by atoms with Gasteiger partial charge in [0.2, 0.25) is 5.91 Å². The van der Waals surface area contributed by atoms with Gasteiger partial charge in [-0.1, -0.05) is 44.2 Å². The first-order valence-electron chi connectivity index (χ1n) is 7.06. The quantitative estimate of drug-likeness (QED) is 0.872. The Labute approximate surface area is 115 Å². The Hall–Kier alpha value is -1.35. The van der Waals surface area contributed by atoms with Gasteiger partial charge in [0.1, 0.15) is 0 Å². The molecule has 0 aromatic heterocycles. The molecule has 1 aliphatic rings. The average molecular weight is 260 g/mol. The summed E-state index contributed by atoms with van der Waals surface area (Å²) in [5.41, 5.74) is 7.44. The van der Waals surface area contributed by atoms with Crippen molar-refractivity contribution in [1.82, 2.24) is 5.32 Å². The monoisotopic (exact) mass is 260 g/mol. The van der Waals surface area contributed by atoms with Crippen LogP contribution in [0.1, 0.15) is 38.7 Å². The van der Waals surface area contributed by atoms with Gasteiger partial charge in [-0.2, -0.15) is 0 Å². The molecule has 3 heteroatoms. The molecule has 3 N–H and O–H groups in total. The van der Waals surface area contributed by atoms with Crippen molar-refractivity contribution in [3.63, 3.8) is 0 Å². The number of rotatable bonds is 4. The molecular formula is C16H24N2O. The zero-order valence-electron chi connectivity index (χ0n) is 11.9. The number of hydrogen-bond donors (Lipinski definition) is 2. The molecule has 104 valence electrons. The van der Waals surface area contributed by atoms with Gasteiger partial charge in [-0.05, 0) is 36.7 Å². The van der Waals surface area contributed by atoms with Crippen LogP contribution in [-0.4, -0.2) is 18.0 Å². The number of nitrogens with two attached hydrogens (primary N) is 1. The van der Waals surface area contributed by atoms with Gasteiger partial charge in [0.05, 0.1) is 6.04 Å². The Balaban J connectivity index is 1.83. The third kappa shape index (κ3) is 4.06. The predicted molar refractivity (Wildman–Crippen MR) is 77.7 cm³/mol. The number of amides is 1. The lowest BCUT2D eigenvalue weighted by Crippen LogP contribution is -2.45. The Bertz CT molecular complexity index is 428. The van der Waals surface area contributed by atoms with E-state index >= 15 is 0 Å². The van der Waals surface area contributed by atoms with Crippen molar-refractivity contribution in [2.45, 2.75) is 51.6 Å². The molecule has 1 fully saturated rings. The number of hydrogen-bond acceptors (Lipinski definition) is 2. The molecule has 0 heterocycles. The first-order valence-corrected chi connectivity index (χ1v) is 7.06. The fourth-order valence-corrected chi connectivity index (χ4v) is 2.83. The van der Waals surface area contributed by atoms with Crippen molar-refractivity contribution in [2.24, 2.45) is 11.1 Å². The first kappa shape index (κ1) is 14.1. The number of nitrogens with one attached hydrogen (secondary N) is 1. The molecule has 0 spiro atoms. The van der Waals surface area contributed by atoms with Crippen molar-refractivity contribution in [3.05, 3.63) is 35.9 Å². The van der Waals surface area contributed by atoms with E-state index < -0.39 is 6.04 Å². The van der Waals surface area contributed by atoms with E-state index in [1.807, 2.05) is 30.3 Å². The average Bonchev–Trinajstić information content (AvgIpc) is 2.70. The highest BCUT2D eigenvalue weighted by Crippen LogP contribution is 2.36. The Kier molecular flexibility index (Phi) is 4.25. The zero-order valence-corrected chi connectivity index (χ0v) is 11.9. The minimum absolute atomic E-state index is 0.0217. The number of benzene rings is 1. The molecule has 1 aromatic rings. The summed E-state index contributed by atoms with van der Waals surface area (Å²) in [6, 6.07) is 9.77. The van der Waals surface area contributed by atoms with E-state index in [2.05, 4.69) is 19.2 Å². The molecule has 0 bridgehead atoms. The second-order valence-corrected chi connectivity index (χ2v) is 6.41. The van der Waals surface area contributed by atoms with Crippen molar-refractivity contribution >= 4 is 5.91 Å². The first-order chi connectivity index (χ1) is 8.96. The molecule has 1 aromatic carbocycles. The second kappa shape index (κ2) is 5.74. The van der Waals surface area contributed by atoms with Crippen molar-refractivity contribution < 1.29 is 4.79 Å². The van der Waals surface area contributed by atoms with Gasteiger partial charge in [-0.25, -0.2) is 0 Å². The summed E-state index contributed by atoms with van der Waals surface area (Å²) in [5, 5.41) is 3.09. The van der Waals surface area contributed by atoms with Crippen LogP contribution < -0.4 is 11.1 Å². The van der Waals surface area contributed by atoms with Crippen LogP contribution in [-0.2, 0) is 11.2 Å². The maximum Gasteiger partial charge on any atom is 0.237 e. The van der Waals surface area contributed by atoms with Crippen molar-refractivity contribution in [1.29, 1.82) is 0 Å². The van der Waals surface area contributed by atoms with Gasteiger partial charge in [0, 0.05) is 6.04 Å². The van der Waals surface area contributed by atoms with Gasteiger partial charge in [-0.15, -0.1) is 0 Å². The van der Waals surface area contributed by atoms with Gasteiger partial charge in [-0.3, -0.25) is 4.79 Å². The van der Waals surface area contributed by atoms with Crippen LogP contribution in [0.15, 0.2) is 30.3 Å². The van der Waals surface area contributed by atoms with Crippen LogP contribution in [0, 0.1) is 5.41 Å². The highest BCUT2D eigenvalue weighted by molar-refractivity contribution is 5.82. The molecular weight excluding hydrogens is 236 g/mol.